The second-order valence-corrected chi connectivity index (χ2v) is 7.69. The van der Waals surface area contributed by atoms with Gasteiger partial charge in [-0.3, -0.25) is 14.3 Å². The van der Waals surface area contributed by atoms with Crippen LogP contribution in [0.3, 0.4) is 0 Å². The Labute approximate surface area is 181 Å². The number of esters is 1. The van der Waals surface area contributed by atoms with E-state index < -0.39 is 23.4 Å². The van der Waals surface area contributed by atoms with Crippen LogP contribution in [0, 0.1) is 0 Å². The first-order chi connectivity index (χ1) is 14.6. The molecule has 0 saturated heterocycles. The first kappa shape index (κ1) is 24.1. The number of hydrogen-bond acceptors (Lipinski definition) is 6. The van der Waals surface area contributed by atoms with Crippen molar-refractivity contribution in [2.75, 3.05) is 18.5 Å². The molecule has 0 unspecified atom stereocenters. The third-order valence-electron chi connectivity index (χ3n) is 4.49. The van der Waals surface area contributed by atoms with E-state index in [9.17, 15) is 14.4 Å². The van der Waals surface area contributed by atoms with Crippen molar-refractivity contribution in [3.05, 3.63) is 46.8 Å². The van der Waals surface area contributed by atoms with Crippen LogP contribution in [0.5, 0.6) is 0 Å². The smallest absolute Gasteiger partial charge is 0.339 e. The molecule has 0 radical (unpaired) electrons. The molecule has 0 aliphatic carbocycles. The number of benzene rings is 1. The molecular weight excluding hydrogens is 400 g/mol. The lowest BCUT2D eigenvalue weighted by Gasteiger charge is -2.25. The van der Waals surface area contributed by atoms with E-state index in [4.69, 9.17) is 15.2 Å². The number of nitrogens with one attached hydrogen (secondary N) is 1. The highest BCUT2D eigenvalue weighted by Gasteiger charge is 2.28. The third kappa shape index (κ3) is 5.91. The van der Waals surface area contributed by atoms with Crippen LogP contribution in [0.1, 0.15) is 71.0 Å². The van der Waals surface area contributed by atoms with E-state index in [1.54, 1.807) is 33.0 Å². The van der Waals surface area contributed by atoms with E-state index in [-0.39, 0.29) is 29.1 Å². The lowest BCUT2D eigenvalue weighted by Crippen LogP contribution is -2.34. The van der Waals surface area contributed by atoms with Crippen LogP contribution in [0.2, 0.25) is 0 Å². The van der Waals surface area contributed by atoms with Gasteiger partial charge < -0.3 is 20.5 Å². The number of amides is 2. The molecule has 2 aromatic rings. The Bertz CT molecular complexity index is 965. The van der Waals surface area contributed by atoms with Gasteiger partial charge in [0.15, 0.2) is 0 Å². The Kier molecular flexibility index (Phi) is 7.93. The highest BCUT2D eigenvalue weighted by Crippen LogP contribution is 2.24. The van der Waals surface area contributed by atoms with E-state index in [1.165, 1.54) is 16.8 Å². The van der Waals surface area contributed by atoms with Crippen molar-refractivity contribution in [1.29, 1.82) is 0 Å². The van der Waals surface area contributed by atoms with Crippen molar-refractivity contribution in [1.82, 2.24) is 9.78 Å². The van der Waals surface area contributed by atoms with Crippen molar-refractivity contribution in [2.45, 2.75) is 46.1 Å². The average Bonchev–Trinajstić information content (AvgIpc) is 3.01. The zero-order chi connectivity index (χ0) is 23.2. The number of rotatable bonds is 10. The van der Waals surface area contributed by atoms with E-state index >= 15 is 0 Å². The van der Waals surface area contributed by atoms with Gasteiger partial charge in [-0.05, 0) is 39.3 Å². The van der Waals surface area contributed by atoms with E-state index in [0.29, 0.717) is 18.7 Å². The normalized spacial score (nSPS) is 11.3. The third-order valence-corrected chi connectivity index (χ3v) is 4.49. The maximum atomic E-state index is 13.1. The molecule has 3 N–H and O–H groups in total. The van der Waals surface area contributed by atoms with Crippen LogP contribution in [0.15, 0.2) is 24.3 Å². The van der Waals surface area contributed by atoms with Gasteiger partial charge in [-0.15, -0.1) is 0 Å². The fourth-order valence-electron chi connectivity index (χ4n) is 3.13. The molecule has 9 heteroatoms. The first-order valence-corrected chi connectivity index (χ1v) is 10.2. The largest absolute Gasteiger partial charge is 0.454 e. The van der Waals surface area contributed by atoms with E-state index in [2.05, 4.69) is 10.4 Å². The molecule has 1 aromatic heterocycles. The topological polar surface area (TPSA) is 126 Å². The van der Waals surface area contributed by atoms with Gasteiger partial charge in [0.1, 0.15) is 11.3 Å². The Morgan fingerprint density at radius 3 is 2.39 bits per heavy atom. The van der Waals surface area contributed by atoms with Crippen molar-refractivity contribution in [2.24, 2.45) is 12.8 Å². The van der Waals surface area contributed by atoms with Gasteiger partial charge in [0.05, 0.1) is 29.1 Å². The summed E-state index contributed by atoms with van der Waals surface area (Å²) in [5.74, 6) is -1.92. The molecule has 1 aromatic carbocycles. The zero-order valence-corrected chi connectivity index (χ0v) is 18.7. The van der Waals surface area contributed by atoms with Crippen molar-refractivity contribution in [3.8, 4) is 0 Å². The molecule has 0 saturated carbocycles. The van der Waals surface area contributed by atoms with Crippen LogP contribution >= 0.6 is 0 Å². The number of aromatic nitrogens is 2. The Morgan fingerprint density at radius 1 is 1.16 bits per heavy atom. The van der Waals surface area contributed by atoms with E-state index in [1.807, 2.05) is 13.8 Å². The Morgan fingerprint density at radius 2 is 1.81 bits per heavy atom. The number of carbonyl (C=O) groups is 3. The number of nitrogens with two attached hydrogens (primary N) is 1. The standard InChI is InChI=1S/C22H30N4O5/c1-6-10-16-17(18(19(23)27)26(5)25-16)24-20(28)14-11-8-9-12-15(14)21(29)31-22(3,4)13-30-7-2/h8-9,11-12H,6-7,10,13H2,1-5H3,(H2,23,27)(H,24,28). The van der Waals surface area contributed by atoms with Crippen molar-refractivity contribution in [3.63, 3.8) is 0 Å². The molecule has 0 spiro atoms. The maximum Gasteiger partial charge on any atom is 0.339 e. The van der Waals surface area contributed by atoms with Gasteiger partial charge in [0, 0.05) is 13.7 Å². The molecule has 0 aliphatic rings. The minimum atomic E-state index is -0.868. The first-order valence-electron chi connectivity index (χ1n) is 10.2. The number of primary amides is 1. The summed E-state index contributed by atoms with van der Waals surface area (Å²) in [4.78, 5) is 37.8. The van der Waals surface area contributed by atoms with Gasteiger partial charge in [0.25, 0.3) is 11.8 Å². The number of aryl methyl sites for hydroxylation is 2. The summed E-state index contributed by atoms with van der Waals surface area (Å²) in [5.41, 5.74) is 5.73. The van der Waals surface area contributed by atoms with Crippen LogP contribution < -0.4 is 11.1 Å². The molecule has 0 atom stereocenters. The fraction of sp³-hybridized carbons (Fsp3) is 0.455. The second-order valence-electron chi connectivity index (χ2n) is 7.69. The molecule has 1 heterocycles. The van der Waals surface area contributed by atoms with E-state index in [0.717, 1.165) is 6.42 Å². The maximum absolute atomic E-state index is 13.1. The predicted octanol–water partition coefficient (Wildman–Crippen LogP) is 2.70. The molecule has 2 rings (SSSR count). The monoisotopic (exact) mass is 430 g/mol. The van der Waals surface area contributed by atoms with Crippen molar-refractivity contribution >= 4 is 23.5 Å². The predicted molar refractivity (Wildman–Crippen MR) is 116 cm³/mol. The van der Waals surface area contributed by atoms with Gasteiger partial charge in [-0.1, -0.05) is 25.5 Å². The molecule has 31 heavy (non-hydrogen) atoms. The summed E-state index contributed by atoms with van der Waals surface area (Å²) >= 11 is 0. The number of anilines is 1. The summed E-state index contributed by atoms with van der Waals surface area (Å²) in [7, 11) is 1.58. The highest BCUT2D eigenvalue weighted by atomic mass is 16.6. The molecule has 168 valence electrons. The Balaban J connectivity index is 2.35. The van der Waals surface area contributed by atoms with Crippen LogP contribution in [-0.4, -0.2) is 46.4 Å². The molecule has 0 fully saturated rings. The minimum Gasteiger partial charge on any atom is -0.454 e. The van der Waals surface area contributed by atoms with Crippen LogP contribution in [0.25, 0.3) is 0 Å². The number of carbonyl (C=O) groups excluding carboxylic acids is 3. The van der Waals surface area contributed by atoms with Crippen molar-refractivity contribution < 1.29 is 23.9 Å². The van der Waals surface area contributed by atoms with Gasteiger partial charge >= 0.3 is 5.97 Å². The zero-order valence-electron chi connectivity index (χ0n) is 18.7. The molecule has 2 amide bonds. The Hall–Kier alpha value is -3.20. The van der Waals surface area contributed by atoms with Gasteiger partial charge in [0.2, 0.25) is 0 Å². The lowest BCUT2D eigenvalue weighted by molar-refractivity contribution is -0.0449. The minimum absolute atomic E-state index is 0.0923. The molecular formula is C22H30N4O5. The van der Waals surface area contributed by atoms with Crippen LogP contribution in [0.4, 0.5) is 5.69 Å². The summed E-state index contributed by atoms with van der Waals surface area (Å²) in [5, 5.41) is 7.02. The quantitative estimate of drug-likeness (QED) is 0.558. The SMILES string of the molecule is CCCc1nn(C)c(C(N)=O)c1NC(=O)c1ccccc1C(=O)OC(C)(C)COCC. The summed E-state index contributed by atoms with van der Waals surface area (Å²) < 4.78 is 12.3. The fourth-order valence-corrected chi connectivity index (χ4v) is 3.13. The summed E-state index contributed by atoms with van der Waals surface area (Å²) in [6.07, 6.45) is 1.31. The molecule has 0 bridgehead atoms. The average molecular weight is 431 g/mol. The van der Waals surface area contributed by atoms with Crippen LogP contribution in [-0.2, 0) is 22.9 Å². The summed E-state index contributed by atoms with van der Waals surface area (Å²) in [6.45, 7) is 7.99. The molecule has 0 aliphatic heterocycles. The summed E-state index contributed by atoms with van der Waals surface area (Å²) in [6, 6.07) is 6.31. The number of ether oxygens (including phenoxy) is 2. The highest BCUT2D eigenvalue weighted by molar-refractivity contribution is 6.13. The number of hydrogen-bond donors (Lipinski definition) is 2. The molecule has 9 nitrogen and oxygen atoms in total. The van der Waals surface area contributed by atoms with Gasteiger partial charge in [-0.25, -0.2) is 4.79 Å². The lowest BCUT2D eigenvalue weighted by atomic mass is 10.1. The second kappa shape index (κ2) is 10.2. The van der Waals surface area contributed by atoms with Gasteiger partial charge in [-0.2, -0.15) is 5.10 Å². The number of nitrogens with zero attached hydrogens (tertiary/aromatic N) is 2.